The highest BCUT2D eigenvalue weighted by Crippen LogP contribution is 2.28. The molecule has 0 atom stereocenters. The summed E-state index contributed by atoms with van der Waals surface area (Å²) in [5.74, 6) is 5.46. The summed E-state index contributed by atoms with van der Waals surface area (Å²) >= 11 is 0. The number of nitro groups is 1. The Bertz CT molecular complexity index is 616. The molecule has 1 aromatic carbocycles. The average Bonchev–Trinajstić information content (AvgIpc) is 2.43. The number of nitrogens with zero attached hydrogens (tertiary/aromatic N) is 2. The second-order valence-corrected chi connectivity index (χ2v) is 6.84. The standard InChI is InChI=1S/C12H20N4O4S/c1-4-15(8-9(2)3)21(19,20)12-6-5-10(16(17)18)7-11(12)14-13/h5-7,9,14H,4,8,13H2,1-3H3. The molecule has 0 fully saturated rings. The number of anilines is 1. The van der Waals surface area contributed by atoms with Crippen molar-refractivity contribution in [1.82, 2.24) is 4.31 Å². The van der Waals surface area contributed by atoms with Gasteiger partial charge in [-0.3, -0.25) is 16.0 Å². The largest absolute Gasteiger partial charge is 0.323 e. The molecule has 0 unspecified atom stereocenters. The molecule has 9 heteroatoms. The van der Waals surface area contributed by atoms with Crippen LogP contribution in [0.1, 0.15) is 20.8 Å². The highest BCUT2D eigenvalue weighted by atomic mass is 32.2. The van der Waals surface area contributed by atoms with Crippen molar-refractivity contribution in [3.8, 4) is 0 Å². The van der Waals surface area contributed by atoms with E-state index in [9.17, 15) is 18.5 Å². The topological polar surface area (TPSA) is 119 Å². The molecule has 1 rings (SSSR count). The van der Waals surface area contributed by atoms with E-state index in [-0.39, 0.29) is 22.2 Å². The zero-order valence-electron chi connectivity index (χ0n) is 12.2. The maximum atomic E-state index is 12.6. The Morgan fingerprint density at radius 1 is 1.43 bits per heavy atom. The Morgan fingerprint density at radius 3 is 2.48 bits per heavy atom. The number of nitrogen functional groups attached to an aromatic ring is 1. The third-order valence-corrected chi connectivity index (χ3v) is 4.87. The Hall–Kier alpha value is -1.71. The molecule has 3 N–H and O–H groups in total. The first-order valence-electron chi connectivity index (χ1n) is 6.49. The zero-order chi connectivity index (χ0) is 16.2. The van der Waals surface area contributed by atoms with Crippen LogP contribution in [-0.2, 0) is 10.0 Å². The fourth-order valence-corrected chi connectivity index (χ4v) is 3.66. The second-order valence-electron chi connectivity index (χ2n) is 4.93. The quantitative estimate of drug-likeness (QED) is 0.447. The molecule has 21 heavy (non-hydrogen) atoms. The molecule has 0 aliphatic rings. The van der Waals surface area contributed by atoms with E-state index in [1.807, 2.05) is 13.8 Å². The number of hydrazine groups is 1. The number of rotatable bonds is 7. The van der Waals surface area contributed by atoms with Gasteiger partial charge in [0, 0.05) is 25.2 Å². The van der Waals surface area contributed by atoms with Gasteiger partial charge in [0.25, 0.3) is 5.69 Å². The summed E-state index contributed by atoms with van der Waals surface area (Å²) in [6.07, 6.45) is 0. The summed E-state index contributed by atoms with van der Waals surface area (Å²) in [5, 5.41) is 10.7. The van der Waals surface area contributed by atoms with Crippen molar-refractivity contribution in [1.29, 1.82) is 0 Å². The second kappa shape index (κ2) is 6.83. The molecule has 0 amide bonds. The average molecular weight is 316 g/mol. The van der Waals surface area contributed by atoms with Gasteiger partial charge < -0.3 is 5.43 Å². The lowest BCUT2D eigenvalue weighted by atomic mass is 10.2. The van der Waals surface area contributed by atoms with Crippen LogP contribution >= 0.6 is 0 Å². The smallest absolute Gasteiger partial charge is 0.271 e. The highest BCUT2D eigenvalue weighted by molar-refractivity contribution is 7.89. The number of non-ortho nitro benzene ring substituents is 1. The van der Waals surface area contributed by atoms with Crippen LogP contribution in [0.15, 0.2) is 23.1 Å². The van der Waals surface area contributed by atoms with Crippen molar-refractivity contribution in [2.75, 3.05) is 18.5 Å². The van der Waals surface area contributed by atoms with Crippen molar-refractivity contribution in [3.05, 3.63) is 28.3 Å². The molecule has 0 aliphatic heterocycles. The van der Waals surface area contributed by atoms with Crippen LogP contribution in [0.2, 0.25) is 0 Å². The summed E-state index contributed by atoms with van der Waals surface area (Å²) in [7, 11) is -3.76. The van der Waals surface area contributed by atoms with Gasteiger partial charge in [0.2, 0.25) is 10.0 Å². The lowest BCUT2D eigenvalue weighted by Gasteiger charge is -2.23. The van der Waals surface area contributed by atoms with Crippen molar-refractivity contribution < 1.29 is 13.3 Å². The molecule has 0 aromatic heterocycles. The minimum atomic E-state index is -3.76. The number of nitro benzene ring substituents is 1. The maximum Gasteiger partial charge on any atom is 0.271 e. The van der Waals surface area contributed by atoms with Gasteiger partial charge in [0.1, 0.15) is 4.90 Å². The lowest BCUT2D eigenvalue weighted by molar-refractivity contribution is -0.384. The van der Waals surface area contributed by atoms with E-state index in [0.717, 1.165) is 12.1 Å². The number of sulfonamides is 1. The van der Waals surface area contributed by atoms with Crippen LogP contribution in [0.25, 0.3) is 0 Å². The Balaban J connectivity index is 3.33. The molecule has 118 valence electrons. The first-order valence-corrected chi connectivity index (χ1v) is 7.93. The predicted octanol–water partition coefficient (Wildman–Crippen LogP) is 1.55. The van der Waals surface area contributed by atoms with E-state index in [4.69, 9.17) is 5.84 Å². The van der Waals surface area contributed by atoms with Gasteiger partial charge >= 0.3 is 0 Å². The van der Waals surface area contributed by atoms with Crippen molar-refractivity contribution in [2.24, 2.45) is 11.8 Å². The van der Waals surface area contributed by atoms with Gasteiger partial charge in [-0.15, -0.1) is 0 Å². The van der Waals surface area contributed by atoms with Gasteiger partial charge in [-0.05, 0) is 12.0 Å². The van der Waals surface area contributed by atoms with Crippen molar-refractivity contribution >= 4 is 21.4 Å². The number of nitrogens with one attached hydrogen (secondary N) is 1. The molecule has 0 bridgehead atoms. The lowest BCUT2D eigenvalue weighted by Crippen LogP contribution is -2.34. The molecule has 0 radical (unpaired) electrons. The fourth-order valence-electron chi connectivity index (χ4n) is 1.91. The van der Waals surface area contributed by atoms with Crippen LogP contribution in [0, 0.1) is 16.0 Å². The Kier molecular flexibility index (Phi) is 5.64. The first-order chi connectivity index (χ1) is 9.73. The van der Waals surface area contributed by atoms with Crippen LogP contribution < -0.4 is 11.3 Å². The summed E-state index contributed by atoms with van der Waals surface area (Å²) in [6.45, 7) is 6.23. The van der Waals surface area contributed by atoms with Crippen molar-refractivity contribution in [3.63, 3.8) is 0 Å². The van der Waals surface area contributed by atoms with Crippen molar-refractivity contribution in [2.45, 2.75) is 25.7 Å². The molecular formula is C12H20N4O4S. The number of nitrogens with two attached hydrogens (primary N) is 1. The van der Waals surface area contributed by atoms with Gasteiger partial charge in [-0.2, -0.15) is 4.31 Å². The van der Waals surface area contributed by atoms with Gasteiger partial charge in [-0.25, -0.2) is 8.42 Å². The fraction of sp³-hybridized carbons (Fsp3) is 0.500. The van der Waals surface area contributed by atoms with Gasteiger partial charge in [-0.1, -0.05) is 20.8 Å². The molecule has 0 saturated heterocycles. The van der Waals surface area contributed by atoms with E-state index < -0.39 is 14.9 Å². The summed E-state index contributed by atoms with van der Waals surface area (Å²) in [5.41, 5.74) is 2.00. The monoisotopic (exact) mass is 316 g/mol. The van der Waals surface area contributed by atoms with E-state index in [0.29, 0.717) is 13.1 Å². The molecule has 0 saturated carbocycles. The van der Waals surface area contributed by atoms with Crippen LogP contribution in [0.4, 0.5) is 11.4 Å². The Labute approximate surface area is 124 Å². The number of benzene rings is 1. The molecule has 0 aliphatic carbocycles. The highest BCUT2D eigenvalue weighted by Gasteiger charge is 2.27. The van der Waals surface area contributed by atoms with Crippen LogP contribution in [0.3, 0.4) is 0 Å². The maximum absolute atomic E-state index is 12.6. The SMILES string of the molecule is CCN(CC(C)C)S(=O)(=O)c1ccc([N+](=O)[O-])cc1NN. The summed E-state index contributed by atoms with van der Waals surface area (Å²) < 4.78 is 26.6. The minimum Gasteiger partial charge on any atom is -0.323 e. The minimum absolute atomic E-state index is 0.00593. The van der Waals surface area contributed by atoms with Gasteiger partial charge in [0.15, 0.2) is 0 Å². The molecule has 8 nitrogen and oxygen atoms in total. The molecule has 1 aromatic rings. The van der Waals surface area contributed by atoms with E-state index in [1.54, 1.807) is 6.92 Å². The first kappa shape index (κ1) is 17.3. The van der Waals surface area contributed by atoms with Crippen LogP contribution in [-0.4, -0.2) is 30.7 Å². The number of hydrogen-bond acceptors (Lipinski definition) is 6. The van der Waals surface area contributed by atoms with Gasteiger partial charge in [0.05, 0.1) is 10.6 Å². The molecule has 0 spiro atoms. The summed E-state index contributed by atoms with van der Waals surface area (Å²) in [4.78, 5) is 10.1. The van der Waals surface area contributed by atoms with Crippen LogP contribution in [0.5, 0.6) is 0 Å². The molecule has 0 heterocycles. The predicted molar refractivity (Wildman–Crippen MR) is 80.2 cm³/mol. The number of hydrogen-bond donors (Lipinski definition) is 2. The van der Waals surface area contributed by atoms with E-state index >= 15 is 0 Å². The van der Waals surface area contributed by atoms with E-state index in [2.05, 4.69) is 5.43 Å². The molecular weight excluding hydrogens is 296 g/mol. The van der Waals surface area contributed by atoms with E-state index in [1.165, 1.54) is 10.4 Å². The Morgan fingerprint density at radius 2 is 2.05 bits per heavy atom. The normalized spacial score (nSPS) is 11.9. The third kappa shape index (κ3) is 3.90. The third-order valence-electron chi connectivity index (χ3n) is 2.87. The summed E-state index contributed by atoms with van der Waals surface area (Å²) in [6, 6.07) is 3.46. The zero-order valence-corrected chi connectivity index (χ0v) is 13.1.